The van der Waals surface area contributed by atoms with Crippen molar-refractivity contribution in [1.82, 2.24) is 10.3 Å². The molecule has 0 aliphatic heterocycles. The number of nitrogens with zero attached hydrogens (tertiary/aromatic N) is 2. The van der Waals surface area contributed by atoms with Crippen LogP contribution in [-0.2, 0) is 0 Å². The average molecular weight is 330 g/mol. The zero-order chi connectivity index (χ0) is 14.6. The second-order valence-corrected chi connectivity index (χ2v) is 5.57. The summed E-state index contributed by atoms with van der Waals surface area (Å²) in [6.07, 6.45) is 1.26. The summed E-state index contributed by atoms with van der Waals surface area (Å²) < 4.78 is 0.438. The van der Waals surface area contributed by atoms with Gasteiger partial charge in [0.15, 0.2) is 6.20 Å². The normalized spacial score (nSPS) is 12.3. The number of halogens is 1. The molecule has 1 aromatic rings. The molecule has 1 aromatic heterocycles. The Kier molecular flexibility index (Phi) is 5.41. The van der Waals surface area contributed by atoms with Crippen LogP contribution in [0.2, 0.25) is 0 Å². The van der Waals surface area contributed by atoms with Crippen molar-refractivity contribution < 1.29 is 9.72 Å². The summed E-state index contributed by atoms with van der Waals surface area (Å²) in [5.74, 6) is 0.102. The SMILES string of the molecule is CC(C)C(C)CNC(=O)c1cc([N+](=O)[O-])ncc1Br. The third-order valence-corrected chi connectivity index (χ3v) is 3.63. The molecule has 19 heavy (non-hydrogen) atoms. The second kappa shape index (κ2) is 6.60. The zero-order valence-electron chi connectivity index (χ0n) is 11.0. The highest BCUT2D eigenvalue weighted by molar-refractivity contribution is 9.10. The van der Waals surface area contributed by atoms with Gasteiger partial charge in [-0.3, -0.25) is 4.79 Å². The summed E-state index contributed by atoms with van der Waals surface area (Å²) in [5, 5.41) is 13.4. The highest BCUT2D eigenvalue weighted by Crippen LogP contribution is 2.20. The molecule has 0 aliphatic rings. The molecule has 1 heterocycles. The fourth-order valence-corrected chi connectivity index (χ4v) is 1.68. The number of amides is 1. The molecule has 104 valence electrons. The second-order valence-electron chi connectivity index (χ2n) is 4.71. The zero-order valence-corrected chi connectivity index (χ0v) is 12.6. The number of rotatable bonds is 5. The highest BCUT2D eigenvalue weighted by atomic mass is 79.9. The Morgan fingerprint density at radius 1 is 1.53 bits per heavy atom. The van der Waals surface area contributed by atoms with E-state index in [1.54, 1.807) is 0 Å². The van der Waals surface area contributed by atoms with E-state index in [-0.39, 0.29) is 17.3 Å². The van der Waals surface area contributed by atoms with Crippen LogP contribution in [0.4, 0.5) is 5.82 Å². The Balaban J connectivity index is 2.82. The fraction of sp³-hybridized carbons (Fsp3) is 0.500. The lowest BCUT2D eigenvalue weighted by Crippen LogP contribution is -2.30. The highest BCUT2D eigenvalue weighted by Gasteiger charge is 2.18. The topological polar surface area (TPSA) is 85.1 Å². The standard InChI is InChI=1S/C12H16BrN3O3/c1-7(2)8(3)5-15-12(17)9-4-11(16(18)19)14-6-10(9)13/h4,6-8H,5H2,1-3H3,(H,15,17). The van der Waals surface area contributed by atoms with Gasteiger partial charge in [0, 0.05) is 12.6 Å². The molecule has 0 saturated heterocycles. The third kappa shape index (κ3) is 4.27. The van der Waals surface area contributed by atoms with Crippen LogP contribution >= 0.6 is 15.9 Å². The van der Waals surface area contributed by atoms with Crippen molar-refractivity contribution >= 4 is 27.7 Å². The molecule has 1 rings (SSSR count). The van der Waals surface area contributed by atoms with Gasteiger partial charge in [-0.25, -0.2) is 0 Å². The number of hydrogen-bond donors (Lipinski definition) is 1. The first-order chi connectivity index (χ1) is 8.82. The van der Waals surface area contributed by atoms with Gasteiger partial charge in [0.1, 0.15) is 0 Å². The van der Waals surface area contributed by atoms with E-state index in [1.807, 2.05) is 6.92 Å². The minimum Gasteiger partial charge on any atom is -0.358 e. The van der Waals surface area contributed by atoms with Crippen molar-refractivity contribution in [3.8, 4) is 0 Å². The van der Waals surface area contributed by atoms with E-state index in [4.69, 9.17) is 0 Å². The third-order valence-electron chi connectivity index (χ3n) is 3.00. The number of carbonyl (C=O) groups excluding carboxylic acids is 1. The molecular formula is C12H16BrN3O3. The maximum Gasteiger partial charge on any atom is 0.364 e. The van der Waals surface area contributed by atoms with E-state index in [1.165, 1.54) is 12.3 Å². The molecule has 6 nitrogen and oxygen atoms in total. The molecule has 0 saturated carbocycles. The molecule has 0 bridgehead atoms. The summed E-state index contributed by atoms with van der Waals surface area (Å²) in [5.41, 5.74) is 0.220. The van der Waals surface area contributed by atoms with Crippen molar-refractivity contribution in [1.29, 1.82) is 0 Å². The first kappa shape index (κ1) is 15.6. The minimum absolute atomic E-state index is 0.220. The number of hydrogen-bond acceptors (Lipinski definition) is 4. The average Bonchev–Trinajstić information content (AvgIpc) is 2.35. The van der Waals surface area contributed by atoms with E-state index in [0.29, 0.717) is 22.9 Å². The van der Waals surface area contributed by atoms with Crippen LogP contribution < -0.4 is 5.32 Å². The monoisotopic (exact) mass is 329 g/mol. The number of nitrogens with one attached hydrogen (secondary N) is 1. The number of pyridine rings is 1. The Bertz CT molecular complexity index is 491. The molecule has 0 spiro atoms. The lowest BCUT2D eigenvalue weighted by atomic mass is 9.98. The van der Waals surface area contributed by atoms with Gasteiger partial charge in [-0.15, -0.1) is 0 Å². The molecule has 0 fully saturated rings. The van der Waals surface area contributed by atoms with Crippen LogP contribution in [-0.4, -0.2) is 22.4 Å². The molecule has 0 aliphatic carbocycles. The molecule has 0 aromatic carbocycles. The lowest BCUT2D eigenvalue weighted by Gasteiger charge is -2.16. The van der Waals surface area contributed by atoms with Gasteiger partial charge in [0.2, 0.25) is 0 Å². The number of nitro groups is 1. The van der Waals surface area contributed by atoms with Crippen LogP contribution in [0.3, 0.4) is 0 Å². The first-order valence-electron chi connectivity index (χ1n) is 5.91. The van der Waals surface area contributed by atoms with Gasteiger partial charge in [0.05, 0.1) is 10.0 Å². The summed E-state index contributed by atoms with van der Waals surface area (Å²) in [4.78, 5) is 25.6. The molecule has 7 heteroatoms. The van der Waals surface area contributed by atoms with Crippen LogP contribution in [0, 0.1) is 22.0 Å². The van der Waals surface area contributed by atoms with E-state index in [9.17, 15) is 14.9 Å². The van der Waals surface area contributed by atoms with Crippen molar-refractivity contribution in [2.45, 2.75) is 20.8 Å². The summed E-state index contributed by atoms with van der Waals surface area (Å²) in [7, 11) is 0. The quantitative estimate of drug-likeness (QED) is 0.664. The smallest absolute Gasteiger partial charge is 0.358 e. The molecule has 1 amide bonds. The van der Waals surface area contributed by atoms with E-state index >= 15 is 0 Å². The molecular weight excluding hydrogens is 314 g/mol. The van der Waals surface area contributed by atoms with Crippen molar-refractivity contribution in [3.05, 3.63) is 32.4 Å². The molecule has 0 radical (unpaired) electrons. The number of carbonyl (C=O) groups is 1. The number of aromatic nitrogens is 1. The Labute approximate surface area is 119 Å². The Morgan fingerprint density at radius 2 is 2.16 bits per heavy atom. The van der Waals surface area contributed by atoms with Crippen molar-refractivity contribution in [2.24, 2.45) is 11.8 Å². The maximum absolute atomic E-state index is 12.0. The molecule has 1 unspecified atom stereocenters. The van der Waals surface area contributed by atoms with E-state index < -0.39 is 4.92 Å². The van der Waals surface area contributed by atoms with Crippen LogP contribution in [0.15, 0.2) is 16.7 Å². The molecule has 1 atom stereocenters. The van der Waals surface area contributed by atoms with Gasteiger partial charge < -0.3 is 15.4 Å². The predicted octanol–water partition coefficient (Wildman–Crippen LogP) is 2.77. The van der Waals surface area contributed by atoms with Crippen LogP contribution in [0.25, 0.3) is 0 Å². The van der Waals surface area contributed by atoms with Crippen molar-refractivity contribution in [2.75, 3.05) is 6.54 Å². The predicted molar refractivity (Wildman–Crippen MR) is 74.9 cm³/mol. The maximum atomic E-state index is 12.0. The van der Waals surface area contributed by atoms with E-state index in [0.717, 1.165) is 0 Å². The summed E-state index contributed by atoms with van der Waals surface area (Å²) >= 11 is 3.17. The Morgan fingerprint density at radius 3 is 2.68 bits per heavy atom. The summed E-state index contributed by atoms with van der Waals surface area (Å²) in [6.45, 7) is 6.71. The van der Waals surface area contributed by atoms with Crippen molar-refractivity contribution in [3.63, 3.8) is 0 Å². The van der Waals surface area contributed by atoms with Gasteiger partial charge in [0.25, 0.3) is 5.91 Å². The van der Waals surface area contributed by atoms with Gasteiger partial charge in [-0.05, 0) is 37.7 Å². The first-order valence-corrected chi connectivity index (χ1v) is 6.70. The minimum atomic E-state index is -0.625. The lowest BCUT2D eigenvalue weighted by molar-refractivity contribution is -0.389. The van der Waals surface area contributed by atoms with Crippen LogP contribution in [0.5, 0.6) is 0 Å². The van der Waals surface area contributed by atoms with E-state index in [2.05, 4.69) is 40.1 Å². The largest absolute Gasteiger partial charge is 0.364 e. The summed E-state index contributed by atoms with van der Waals surface area (Å²) in [6, 6.07) is 1.17. The van der Waals surface area contributed by atoms with Gasteiger partial charge >= 0.3 is 5.82 Å². The molecule has 1 N–H and O–H groups in total. The van der Waals surface area contributed by atoms with Gasteiger partial charge in [-0.2, -0.15) is 0 Å². The fourth-order valence-electron chi connectivity index (χ4n) is 1.29. The Hall–Kier alpha value is -1.50. The van der Waals surface area contributed by atoms with Crippen LogP contribution in [0.1, 0.15) is 31.1 Å². The van der Waals surface area contributed by atoms with Gasteiger partial charge in [-0.1, -0.05) is 20.8 Å².